The smallest absolute Gasteiger partial charge is 0.419 e. The highest BCUT2D eigenvalue weighted by atomic mass is 32.2. The quantitative estimate of drug-likeness (QED) is 0.396. The van der Waals surface area contributed by atoms with Gasteiger partial charge in [0.1, 0.15) is 16.1 Å². The number of aliphatic hydroxyl groups is 1. The van der Waals surface area contributed by atoms with Gasteiger partial charge in [-0.15, -0.1) is 0 Å². The Morgan fingerprint density at radius 2 is 1.89 bits per heavy atom. The Labute approximate surface area is 209 Å². The van der Waals surface area contributed by atoms with Gasteiger partial charge in [0.05, 0.1) is 22.3 Å². The molecule has 0 unspecified atom stereocenters. The van der Waals surface area contributed by atoms with E-state index in [2.05, 4.69) is 4.72 Å². The zero-order valence-electron chi connectivity index (χ0n) is 19.2. The van der Waals surface area contributed by atoms with Crippen LogP contribution in [0.3, 0.4) is 0 Å². The van der Waals surface area contributed by atoms with Crippen molar-refractivity contribution >= 4 is 37.7 Å². The molecule has 0 radical (unpaired) electrons. The Kier molecular flexibility index (Phi) is 7.37. The number of likely N-dealkylation sites (tertiary alicyclic amines) is 1. The molecule has 2 aromatic rings. The number of likely N-dealkylation sites (N-methyl/N-ethyl adjacent to an activating group) is 1. The van der Waals surface area contributed by atoms with Crippen molar-refractivity contribution in [1.82, 2.24) is 4.90 Å². The molecule has 0 spiro atoms. The number of nitrogens with zero attached hydrogens (tertiary/aromatic N) is 3. The van der Waals surface area contributed by atoms with Gasteiger partial charge in [-0.2, -0.15) is 13.2 Å². The van der Waals surface area contributed by atoms with Crippen LogP contribution in [0.1, 0.15) is 24.8 Å². The van der Waals surface area contributed by atoms with Gasteiger partial charge in [-0.1, -0.05) is 11.3 Å². The number of thiophene rings is 1. The largest absolute Gasteiger partial charge is 0.488 e. The number of rotatable bonds is 7. The number of piperidine rings is 1. The van der Waals surface area contributed by atoms with E-state index in [4.69, 9.17) is 4.74 Å². The Morgan fingerprint density at radius 1 is 1.19 bits per heavy atom. The highest BCUT2D eigenvalue weighted by Crippen LogP contribution is 2.42. The number of aliphatic hydroxyl groups excluding tert-OH is 1. The molecule has 0 amide bonds. The molecule has 36 heavy (non-hydrogen) atoms. The first kappa shape index (κ1) is 26.4. The fourth-order valence-electron chi connectivity index (χ4n) is 4.20. The average molecular weight is 551 g/mol. The summed E-state index contributed by atoms with van der Waals surface area (Å²) in [4.78, 5) is 14.5. The van der Waals surface area contributed by atoms with E-state index in [9.17, 15) is 36.8 Å². The van der Waals surface area contributed by atoms with Gasteiger partial charge < -0.3 is 19.6 Å². The van der Waals surface area contributed by atoms with E-state index in [1.165, 1.54) is 0 Å². The van der Waals surface area contributed by atoms with Crippen LogP contribution in [0.5, 0.6) is 5.75 Å². The van der Waals surface area contributed by atoms with Crippen LogP contribution < -0.4 is 14.4 Å². The van der Waals surface area contributed by atoms with Gasteiger partial charge in [0.15, 0.2) is 5.00 Å². The van der Waals surface area contributed by atoms with E-state index < -0.39 is 50.3 Å². The zero-order chi connectivity index (χ0) is 26.3. The van der Waals surface area contributed by atoms with Crippen molar-refractivity contribution in [3.63, 3.8) is 0 Å². The van der Waals surface area contributed by atoms with E-state index in [1.807, 2.05) is 11.9 Å². The third-order valence-corrected chi connectivity index (χ3v) is 9.11. The topological polar surface area (TPSA) is 125 Å². The van der Waals surface area contributed by atoms with Gasteiger partial charge >= 0.3 is 11.9 Å². The minimum Gasteiger partial charge on any atom is -0.488 e. The first-order valence-electron chi connectivity index (χ1n) is 11.1. The maximum atomic E-state index is 13.5. The monoisotopic (exact) mass is 550 g/mol. The number of ether oxygens (including phenoxy) is 1. The number of anilines is 2. The van der Waals surface area contributed by atoms with Gasteiger partial charge in [0, 0.05) is 38.3 Å². The van der Waals surface area contributed by atoms with Crippen molar-refractivity contribution in [1.29, 1.82) is 0 Å². The van der Waals surface area contributed by atoms with Gasteiger partial charge in [-0.25, -0.2) is 8.42 Å². The highest BCUT2D eigenvalue weighted by molar-refractivity contribution is 7.94. The fourth-order valence-corrected chi connectivity index (χ4v) is 6.72. The number of benzene rings is 1. The maximum Gasteiger partial charge on any atom is 0.419 e. The van der Waals surface area contributed by atoms with E-state index in [1.54, 1.807) is 4.90 Å². The summed E-state index contributed by atoms with van der Waals surface area (Å²) >= 11 is 0.695. The van der Waals surface area contributed by atoms with Gasteiger partial charge in [0.2, 0.25) is 0 Å². The predicted octanol–water partition coefficient (Wildman–Crippen LogP) is 3.52. The van der Waals surface area contributed by atoms with Crippen LogP contribution in [0.25, 0.3) is 0 Å². The second kappa shape index (κ2) is 10.0. The normalized spacial score (nSPS) is 20.0. The molecule has 198 valence electrons. The average Bonchev–Trinajstić information content (AvgIpc) is 3.40. The Hall–Kier alpha value is -2.62. The molecule has 2 aliphatic rings. The molecule has 1 aromatic heterocycles. The van der Waals surface area contributed by atoms with Crippen LogP contribution in [0.15, 0.2) is 28.5 Å². The number of nitro groups is 1. The van der Waals surface area contributed by atoms with Crippen molar-refractivity contribution in [3.8, 4) is 5.75 Å². The summed E-state index contributed by atoms with van der Waals surface area (Å²) in [5.41, 5.74) is -1.58. The van der Waals surface area contributed by atoms with E-state index in [0.717, 1.165) is 24.3 Å². The molecular formula is C21H25F3N4O6S2. The molecule has 1 atom stereocenters. The number of sulfonamides is 1. The van der Waals surface area contributed by atoms with Crippen LogP contribution in [0.4, 0.5) is 29.5 Å². The molecule has 2 aliphatic heterocycles. The maximum absolute atomic E-state index is 13.5. The lowest BCUT2D eigenvalue weighted by molar-refractivity contribution is -0.383. The summed E-state index contributed by atoms with van der Waals surface area (Å²) in [6, 6.07) is 3.63. The second-order valence-corrected chi connectivity index (χ2v) is 11.8. The van der Waals surface area contributed by atoms with Crippen LogP contribution >= 0.6 is 11.3 Å². The lowest BCUT2D eigenvalue weighted by Crippen LogP contribution is -2.35. The van der Waals surface area contributed by atoms with Crippen molar-refractivity contribution in [3.05, 3.63) is 39.9 Å². The molecule has 1 aromatic carbocycles. The molecule has 3 heterocycles. The van der Waals surface area contributed by atoms with Crippen molar-refractivity contribution in [2.75, 3.05) is 42.8 Å². The summed E-state index contributed by atoms with van der Waals surface area (Å²) in [5.74, 6) is -0.493. The minimum absolute atomic E-state index is 0.147. The van der Waals surface area contributed by atoms with Gasteiger partial charge in [0.25, 0.3) is 10.0 Å². The van der Waals surface area contributed by atoms with Gasteiger partial charge in [-0.3, -0.25) is 14.8 Å². The molecule has 0 saturated carbocycles. The molecule has 0 bridgehead atoms. The van der Waals surface area contributed by atoms with Crippen LogP contribution in [-0.2, 0) is 16.2 Å². The van der Waals surface area contributed by atoms with E-state index >= 15 is 0 Å². The number of hydrogen-bond donors (Lipinski definition) is 2. The summed E-state index contributed by atoms with van der Waals surface area (Å²) in [7, 11) is -2.54. The molecule has 15 heteroatoms. The molecular weight excluding hydrogens is 525 g/mol. The Bertz CT molecular complexity index is 1230. The summed E-state index contributed by atoms with van der Waals surface area (Å²) < 4.78 is 74.2. The Morgan fingerprint density at radius 3 is 2.47 bits per heavy atom. The third kappa shape index (κ3) is 5.85. The lowest BCUT2D eigenvalue weighted by Gasteiger charge is -2.29. The van der Waals surface area contributed by atoms with E-state index in [-0.39, 0.29) is 14.9 Å². The summed E-state index contributed by atoms with van der Waals surface area (Å²) in [6.45, 7) is 1.74. The third-order valence-electron chi connectivity index (χ3n) is 6.07. The molecule has 2 saturated heterocycles. The molecule has 2 fully saturated rings. The van der Waals surface area contributed by atoms with Crippen LogP contribution in [0.2, 0.25) is 0 Å². The number of nitrogens with one attached hydrogen (secondary N) is 1. The van der Waals surface area contributed by atoms with Crippen molar-refractivity contribution in [2.24, 2.45) is 0 Å². The van der Waals surface area contributed by atoms with Crippen LogP contribution in [0, 0.1) is 10.1 Å². The number of hydrogen-bond acceptors (Lipinski definition) is 9. The predicted molar refractivity (Wildman–Crippen MR) is 127 cm³/mol. The number of alkyl halides is 3. The SMILES string of the molecule is CN1CC[C@@H](Oc2cc(NS(=O)(=O)c3cc([N+](=O)[O-])c(N4CCC(O)CC4)s3)ccc2C(F)(F)F)C1. The fraction of sp³-hybridized carbons (Fsp3) is 0.524. The second-order valence-electron chi connectivity index (χ2n) is 8.84. The highest BCUT2D eigenvalue weighted by Gasteiger charge is 2.36. The van der Waals surface area contributed by atoms with E-state index in [0.29, 0.717) is 56.8 Å². The molecule has 10 nitrogen and oxygen atoms in total. The Balaban J connectivity index is 1.61. The standard InChI is InChI=1S/C21H25F3N4O6S2/c1-26-7-6-15(12-26)34-18-10-13(2-3-16(18)21(22,23)24)25-36(32,33)19-11-17(28(30)31)20(35-19)27-8-4-14(29)5-9-27/h2-3,10-11,14-15,25,29H,4-9,12H2,1H3/t15-/m1/s1. The summed E-state index contributed by atoms with van der Waals surface area (Å²) in [6.07, 6.45) is -4.40. The van der Waals surface area contributed by atoms with Crippen molar-refractivity contribution in [2.45, 2.75) is 41.9 Å². The first-order valence-corrected chi connectivity index (χ1v) is 13.4. The molecule has 2 N–H and O–H groups in total. The number of halogens is 3. The van der Waals surface area contributed by atoms with Gasteiger partial charge in [-0.05, 0) is 38.4 Å². The first-order chi connectivity index (χ1) is 16.8. The molecule has 4 rings (SSSR count). The lowest BCUT2D eigenvalue weighted by atomic mass is 10.1. The molecule has 0 aliphatic carbocycles. The van der Waals surface area contributed by atoms with Crippen LogP contribution in [-0.4, -0.2) is 68.8 Å². The zero-order valence-corrected chi connectivity index (χ0v) is 20.8. The van der Waals surface area contributed by atoms with Crippen molar-refractivity contribution < 1.29 is 36.4 Å². The summed E-state index contributed by atoms with van der Waals surface area (Å²) in [5, 5.41) is 21.4. The minimum atomic E-state index is -4.71.